The Balaban J connectivity index is 2.20. The van der Waals surface area contributed by atoms with Gasteiger partial charge in [0.15, 0.2) is 0 Å². The van der Waals surface area contributed by atoms with E-state index >= 15 is 0 Å². The number of nitrogens with zero attached hydrogens (tertiary/aromatic N) is 2. The number of hydrogen-bond donors (Lipinski definition) is 0. The van der Waals surface area contributed by atoms with Crippen molar-refractivity contribution in [2.45, 2.75) is 40.5 Å². The molecule has 0 fully saturated rings. The Kier molecular flexibility index (Phi) is 8.10. The fraction of sp³-hybridized carbons (Fsp3) is 0.200. The molecule has 0 saturated heterocycles. The highest BCUT2D eigenvalue weighted by atomic mass is 14.8. The molecule has 0 atom stereocenters. The quantitative estimate of drug-likeness (QED) is 0.204. The molecule has 3 rings (SSSR count). The predicted octanol–water partition coefficient (Wildman–Crippen LogP) is 8.50. The van der Waals surface area contributed by atoms with E-state index in [1.165, 1.54) is 22.3 Å². The average molecular weight is 421 g/mol. The molecule has 0 aliphatic rings. The Hall–Kier alpha value is -3.52. The summed E-state index contributed by atoms with van der Waals surface area (Å²) < 4.78 is 0. The zero-order valence-electron chi connectivity index (χ0n) is 19.6. The van der Waals surface area contributed by atoms with Crippen LogP contribution in [0.1, 0.15) is 38.4 Å². The third-order valence-corrected chi connectivity index (χ3v) is 5.26. The Bertz CT molecular complexity index is 1210. The van der Waals surface area contributed by atoms with Gasteiger partial charge in [-0.1, -0.05) is 84.5 Å². The van der Waals surface area contributed by atoms with Gasteiger partial charge in [0.25, 0.3) is 0 Å². The molecule has 0 N–H and O–H groups in total. The molecule has 0 radical (unpaired) electrons. The third-order valence-electron chi connectivity index (χ3n) is 5.26. The SMILES string of the molecule is C=CCC(C)=Nc1c(C/C(C)=C/C=C\C=C/C)ccc2c(-c3ccccc3)cc(C)nc12. The number of allylic oxidation sites excluding steroid dienone is 7. The van der Waals surface area contributed by atoms with Gasteiger partial charge in [0.1, 0.15) is 0 Å². The van der Waals surface area contributed by atoms with Gasteiger partial charge in [-0.2, -0.15) is 0 Å². The second-order valence-electron chi connectivity index (χ2n) is 8.09. The molecular formula is C30H32N2. The van der Waals surface area contributed by atoms with Crippen molar-refractivity contribution >= 4 is 22.3 Å². The van der Waals surface area contributed by atoms with E-state index in [9.17, 15) is 0 Å². The molecular weight excluding hydrogens is 388 g/mol. The van der Waals surface area contributed by atoms with Crippen LogP contribution < -0.4 is 0 Å². The normalized spacial score (nSPS) is 12.9. The molecule has 2 nitrogen and oxygen atoms in total. The molecule has 2 aromatic carbocycles. The van der Waals surface area contributed by atoms with Crippen LogP contribution in [0.25, 0.3) is 22.0 Å². The number of pyridine rings is 1. The highest BCUT2D eigenvalue weighted by molar-refractivity contribution is 6.02. The molecule has 0 amide bonds. The van der Waals surface area contributed by atoms with E-state index in [0.717, 1.165) is 40.8 Å². The lowest BCUT2D eigenvalue weighted by molar-refractivity contribution is 1.13. The smallest absolute Gasteiger partial charge is 0.0970 e. The van der Waals surface area contributed by atoms with Crippen LogP contribution in [0.5, 0.6) is 0 Å². The van der Waals surface area contributed by atoms with Gasteiger partial charge < -0.3 is 0 Å². The lowest BCUT2D eigenvalue weighted by atomic mass is 9.96. The molecule has 32 heavy (non-hydrogen) atoms. The Morgan fingerprint density at radius 2 is 1.81 bits per heavy atom. The Morgan fingerprint density at radius 3 is 2.53 bits per heavy atom. The Labute approximate surface area is 192 Å². The largest absolute Gasteiger partial charge is 0.255 e. The van der Waals surface area contributed by atoms with Crippen molar-refractivity contribution < 1.29 is 0 Å². The first-order valence-electron chi connectivity index (χ1n) is 11.1. The van der Waals surface area contributed by atoms with Crippen molar-refractivity contribution in [1.82, 2.24) is 4.98 Å². The molecule has 0 saturated carbocycles. The van der Waals surface area contributed by atoms with Gasteiger partial charge in [0.05, 0.1) is 11.2 Å². The zero-order chi connectivity index (χ0) is 22.9. The second-order valence-corrected chi connectivity index (χ2v) is 8.09. The van der Waals surface area contributed by atoms with E-state index in [-0.39, 0.29) is 0 Å². The number of aryl methyl sites for hydroxylation is 1. The molecule has 0 aliphatic heterocycles. The summed E-state index contributed by atoms with van der Waals surface area (Å²) >= 11 is 0. The van der Waals surface area contributed by atoms with Gasteiger partial charge in [0.2, 0.25) is 0 Å². The minimum absolute atomic E-state index is 0.758. The lowest BCUT2D eigenvalue weighted by Gasteiger charge is -2.14. The maximum atomic E-state index is 5.04. The zero-order valence-corrected chi connectivity index (χ0v) is 19.6. The Morgan fingerprint density at radius 1 is 1.03 bits per heavy atom. The number of aliphatic imine (C=N–C) groups is 1. The third kappa shape index (κ3) is 5.79. The van der Waals surface area contributed by atoms with E-state index < -0.39 is 0 Å². The van der Waals surface area contributed by atoms with E-state index in [0.29, 0.717) is 0 Å². The molecule has 3 aromatic rings. The number of hydrogen-bond acceptors (Lipinski definition) is 2. The number of aromatic nitrogens is 1. The molecule has 1 aromatic heterocycles. The van der Waals surface area contributed by atoms with E-state index in [2.05, 4.69) is 82.0 Å². The topological polar surface area (TPSA) is 25.2 Å². The summed E-state index contributed by atoms with van der Waals surface area (Å²) in [6.45, 7) is 12.2. The summed E-state index contributed by atoms with van der Waals surface area (Å²) in [5.74, 6) is 0. The molecule has 2 heteroatoms. The molecule has 0 spiro atoms. The first-order valence-corrected chi connectivity index (χ1v) is 11.1. The van der Waals surface area contributed by atoms with Crippen LogP contribution >= 0.6 is 0 Å². The van der Waals surface area contributed by atoms with Gasteiger partial charge in [0, 0.05) is 23.2 Å². The van der Waals surface area contributed by atoms with Gasteiger partial charge >= 0.3 is 0 Å². The van der Waals surface area contributed by atoms with Crippen LogP contribution in [0.4, 0.5) is 5.69 Å². The fourth-order valence-corrected chi connectivity index (χ4v) is 3.77. The van der Waals surface area contributed by atoms with E-state index in [1.54, 1.807) is 0 Å². The first-order chi connectivity index (χ1) is 15.5. The van der Waals surface area contributed by atoms with Crippen LogP contribution in [0.3, 0.4) is 0 Å². The number of fused-ring (bicyclic) bond motifs is 1. The molecule has 162 valence electrons. The predicted molar refractivity (Wildman–Crippen MR) is 141 cm³/mol. The number of benzene rings is 2. The van der Waals surface area contributed by atoms with Crippen LogP contribution in [0, 0.1) is 6.92 Å². The summed E-state index contributed by atoms with van der Waals surface area (Å²) in [7, 11) is 0. The van der Waals surface area contributed by atoms with Crippen molar-refractivity contribution in [3.05, 3.63) is 108 Å². The standard InChI is InChI=1S/C30H32N2/c1-6-8-9-11-15-22(3)20-26-18-19-27-28(25-16-12-10-13-17-25)21-24(5)32-30(27)29(26)31-23(4)14-7-2/h6-13,15-19,21H,2,14,20H2,1,3-5H3/b8-6-,11-9-,22-15+,31-23?. The van der Waals surface area contributed by atoms with Gasteiger partial charge in [-0.05, 0) is 56.9 Å². The summed E-state index contributed by atoms with van der Waals surface area (Å²) in [5.41, 5.74) is 8.80. The van der Waals surface area contributed by atoms with Crippen molar-refractivity contribution in [2.75, 3.05) is 0 Å². The maximum absolute atomic E-state index is 5.04. The van der Waals surface area contributed by atoms with Crippen LogP contribution in [0.2, 0.25) is 0 Å². The molecule has 0 aliphatic carbocycles. The first kappa shape index (κ1) is 23.1. The summed E-state index contributed by atoms with van der Waals surface area (Å²) in [6.07, 6.45) is 13.8. The van der Waals surface area contributed by atoms with Crippen LogP contribution in [-0.2, 0) is 6.42 Å². The van der Waals surface area contributed by atoms with Crippen molar-refractivity contribution in [3.8, 4) is 11.1 Å². The molecule has 1 heterocycles. The minimum atomic E-state index is 0.758. The maximum Gasteiger partial charge on any atom is 0.0970 e. The number of rotatable bonds is 8. The van der Waals surface area contributed by atoms with Crippen LogP contribution in [0.15, 0.2) is 102 Å². The van der Waals surface area contributed by atoms with Crippen molar-refractivity contribution in [1.29, 1.82) is 0 Å². The van der Waals surface area contributed by atoms with Crippen molar-refractivity contribution in [2.24, 2.45) is 4.99 Å². The van der Waals surface area contributed by atoms with Crippen LogP contribution in [-0.4, -0.2) is 10.7 Å². The summed E-state index contributed by atoms with van der Waals surface area (Å²) in [6, 6.07) is 17.1. The average Bonchev–Trinajstić information content (AvgIpc) is 2.78. The van der Waals surface area contributed by atoms with Gasteiger partial charge in [-0.3, -0.25) is 9.98 Å². The van der Waals surface area contributed by atoms with Crippen molar-refractivity contribution in [3.63, 3.8) is 0 Å². The van der Waals surface area contributed by atoms with E-state index in [1.807, 2.05) is 37.3 Å². The highest BCUT2D eigenvalue weighted by Crippen LogP contribution is 2.36. The monoisotopic (exact) mass is 420 g/mol. The molecule has 0 unspecified atom stereocenters. The van der Waals surface area contributed by atoms with Gasteiger partial charge in [-0.25, -0.2) is 0 Å². The van der Waals surface area contributed by atoms with E-state index in [4.69, 9.17) is 9.98 Å². The lowest BCUT2D eigenvalue weighted by Crippen LogP contribution is -1.96. The fourth-order valence-electron chi connectivity index (χ4n) is 3.77. The highest BCUT2D eigenvalue weighted by Gasteiger charge is 2.14. The second kappa shape index (κ2) is 11.2. The summed E-state index contributed by atoms with van der Waals surface area (Å²) in [4.78, 5) is 10.00. The summed E-state index contributed by atoms with van der Waals surface area (Å²) in [5, 5.41) is 1.13. The molecule has 0 bridgehead atoms. The minimum Gasteiger partial charge on any atom is -0.255 e. The van der Waals surface area contributed by atoms with Gasteiger partial charge in [-0.15, -0.1) is 6.58 Å².